The van der Waals surface area contributed by atoms with Crippen LogP contribution in [0.3, 0.4) is 0 Å². The number of rotatable bonds is 2. The van der Waals surface area contributed by atoms with Gasteiger partial charge in [0.15, 0.2) is 16.6 Å². The molecule has 0 unspecified atom stereocenters. The van der Waals surface area contributed by atoms with Gasteiger partial charge in [-0.1, -0.05) is 0 Å². The van der Waals surface area contributed by atoms with Gasteiger partial charge >= 0.3 is 29.6 Å². The van der Waals surface area contributed by atoms with E-state index in [1.807, 2.05) is 0 Å². The van der Waals surface area contributed by atoms with Gasteiger partial charge in [-0.2, -0.15) is 0 Å². The molecule has 0 aliphatic carbocycles. The van der Waals surface area contributed by atoms with Gasteiger partial charge in [-0.15, -0.1) is 0 Å². The zero-order chi connectivity index (χ0) is 7.71. The van der Waals surface area contributed by atoms with Crippen LogP contribution in [0.2, 0.25) is 39.3 Å². The van der Waals surface area contributed by atoms with Crippen LogP contribution in [-0.4, -0.2) is 16.6 Å². The molecule has 0 saturated heterocycles. The van der Waals surface area contributed by atoms with E-state index in [0.717, 1.165) is 0 Å². The summed E-state index contributed by atoms with van der Waals surface area (Å²) in [6, 6.07) is 0. The molecule has 0 radical (unpaired) electrons. The molecule has 0 atom stereocenters. The Balaban J connectivity index is 0. The van der Waals surface area contributed by atoms with E-state index >= 15 is 0 Å². The van der Waals surface area contributed by atoms with Gasteiger partial charge in [0, 0.05) is 0 Å². The second-order valence-electron chi connectivity index (χ2n) is 4.33. The third-order valence-electron chi connectivity index (χ3n) is 0.612. The fourth-order valence-electron chi connectivity index (χ4n) is 0.919. The fraction of sp³-hybridized carbons (Fsp3) is 1.00. The van der Waals surface area contributed by atoms with Crippen LogP contribution in [-0.2, 0) is 4.12 Å². The van der Waals surface area contributed by atoms with E-state index in [1.54, 1.807) is 0 Å². The maximum atomic E-state index is 5.90. The molecule has 0 rings (SSSR count). The molecule has 0 spiro atoms. The quantitative estimate of drug-likeness (QED) is 0.536. The summed E-state index contributed by atoms with van der Waals surface area (Å²) < 4.78 is 5.90. The van der Waals surface area contributed by atoms with Gasteiger partial charge in [0.25, 0.3) is 0 Å². The van der Waals surface area contributed by atoms with E-state index in [4.69, 9.17) is 4.12 Å². The molecule has 0 saturated carbocycles. The van der Waals surface area contributed by atoms with E-state index in [2.05, 4.69) is 39.3 Å². The van der Waals surface area contributed by atoms with Crippen molar-refractivity contribution < 1.29 is 33.7 Å². The van der Waals surface area contributed by atoms with Gasteiger partial charge in [0.05, 0.1) is 0 Å². The Kier molecular flexibility index (Phi) is 6.18. The zero-order valence-corrected chi connectivity index (χ0v) is 12.4. The van der Waals surface area contributed by atoms with E-state index in [1.165, 1.54) is 0 Å². The molecule has 1 nitrogen and oxygen atoms in total. The molecule has 0 aromatic carbocycles. The Morgan fingerprint density at radius 3 is 0.900 bits per heavy atom. The molecule has 56 valence electrons. The van der Waals surface area contributed by atoms with Gasteiger partial charge in [-0.25, -0.2) is 0 Å². The first kappa shape index (κ1) is 13.9. The van der Waals surface area contributed by atoms with Crippen molar-refractivity contribution in [3.8, 4) is 0 Å². The van der Waals surface area contributed by atoms with Crippen LogP contribution in [0, 0.1) is 0 Å². The minimum Gasteiger partial charge on any atom is -0.456 e. The third kappa shape index (κ3) is 12.1. The molecule has 0 amide bonds. The topological polar surface area (TPSA) is 9.23 Å². The van der Waals surface area contributed by atoms with Crippen LogP contribution >= 0.6 is 0 Å². The summed E-state index contributed by atoms with van der Waals surface area (Å²) in [4.78, 5) is 0. The minimum atomic E-state index is -1.23. The summed E-state index contributed by atoms with van der Waals surface area (Å²) in [5.74, 6) is 0. The van der Waals surface area contributed by atoms with Gasteiger partial charge in [0.1, 0.15) is 0 Å². The van der Waals surface area contributed by atoms with Crippen LogP contribution in [0.5, 0.6) is 0 Å². The molecule has 0 bridgehead atoms. The van der Waals surface area contributed by atoms with E-state index in [-0.39, 0.29) is 29.6 Å². The second-order valence-corrected chi connectivity index (χ2v) is 13.6. The smallest absolute Gasteiger partial charge is 0.456 e. The van der Waals surface area contributed by atoms with Crippen molar-refractivity contribution in [3.63, 3.8) is 0 Å². The standard InChI is InChI=1S/C6H18OSi2.Na/c1-8(2,3)7-9(4,5)6;/h1-6H3;/q;+1. The molecule has 0 fully saturated rings. The van der Waals surface area contributed by atoms with E-state index < -0.39 is 16.6 Å². The van der Waals surface area contributed by atoms with Crippen LogP contribution < -0.4 is 29.6 Å². The molecule has 4 heteroatoms. The Hall–Kier alpha value is 1.39. The molecular formula is C6H18NaOSi2+. The normalized spacial score (nSPS) is 12.6. The van der Waals surface area contributed by atoms with Gasteiger partial charge in [-0.3, -0.25) is 0 Å². The maximum Gasteiger partial charge on any atom is 1.00 e. The first-order chi connectivity index (χ1) is 3.71. The maximum absolute atomic E-state index is 5.90. The fourth-order valence-corrected chi connectivity index (χ4v) is 8.27. The van der Waals surface area contributed by atoms with Crippen molar-refractivity contribution in [2.45, 2.75) is 39.3 Å². The summed E-state index contributed by atoms with van der Waals surface area (Å²) in [6.45, 7) is 13.4. The number of hydrogen-bond donors (Lipinski definition) is 0. The summed E-state index contributed by atoms with van der Waals surface area (Å²) >= 11 is 0. The molecule has 0 aliphatic rings. The van der Waals surface area contributed by atoms with Crippen LogP contribution in [0.4, 0.5) is 0 Å². The summed E-state index contributed by atoms with van der Waals surface area (Å²) in [5.41, 5.74) is 0. The van der Waals surface area contributed by atoms with E-state index in [9.17, 15) is 0 Å². The van der Waals surface area contributed by atoms with Crippen molar-refractivity contribution in [2.75, 3.05) is 0 Å². The van der Waals surface area contributed by atoms with Crippen molar-refractivity contribution in [3.05, 3.63) is 0 Å². The largest absolute Gasteiger partial charge is 1.00 e. The molecule has 0 N–H and O–H groups in total. The zero-order valence-electron chi connectivity index (χ0n) is 8.41. The predicted molar refractivity (Wildman–Crippen MR) is 47.8 cm³/mol. The Morgan fingerprint density at radius 2 is 0.900 bits per heavy atom. The molecule has 0 aromatic rings. The van der Waals surface area contributed by atoms with Crippen molar-refractivity contribution in [1.82, 2.24) is 0 Å². The average Bonchev–Trinajstić information content (AvgIpc) is 1.14. The van der Waals surface area contributed by atoms with Gasteiger partial charge in [-0.05, 0) is 39.3 Å². The first-order valence-electron chi connectivity index (χ1n) is 3.41. The Bertz CT molecular complexity index is 80.9. The monoisotopic (exact) mass is 185 g/mol. The Labute approximate surface area is 89.1 Å². The third-order valence-corrected chi connectivity index (χ3v) is 5.51. The van der Waals surface area contributed by atoms with Crippen molar-refractivity contribution in [1.29, 1.82) is 0 Å². The first-order valence-corrected chi connectivity index (χ1v) is 10.2. The van der Waals surface area contributed by atoms with Crippen molar-refractivity contribution in [2.24, 2.45) is 0 Å². The Morgan fingerprint density at radius 1 is 0.700 bits per heavy atom. The van der Waals surface area contributed by atoms with Gasteiger partial charge < -0.3 is 4.12 Å². The molecule has 0 aromatic heterocycles. The van der Waals surface area contributed by atoms with Crippen LogP contribution in [0.25, 0.3) is 0 Å². The SMILES string of the molecule is C[Si](C)(C)O[Si](C)(C)C.[Na+]. The van der Waals surface area contributed by atoms with Crippen molar-refractivity contribution >= 4 is 16.6 Å². The molecule has 0 aliphatic heterocycles. The number of hydrogen-bond acceptors (Lipinski definition) is 1. The average molecular weight is 185 g/mol. The van der Waals surface area contributed by atoms with Crippen LogP contribution in [0.1, 0.15) is 0 Å². The van der Waals surface area contributed by atoms with Crippen LogP contribution in [0.15, 0.2) is 0 Å². The summed E-state index contributed by atoms with van der Waals surface area (Å²) in [7, 11) is -2.46. The molecule has 0 heterocycles. The van der Waals surface area contributed by atoms with E-state index in [0.29, 0.717) is 0 Å². The summed E-state index contributed by atoms with van der Waals surface area (Å²) in [6.07, 6.45) is 0. The summed E-state index contributed by atoms with van der Waals surface area (Å²) in [5, 5.41) is 0. The second kappa shape index (κ2) is 4.43. The molecular weight excluding hydrogens is 167 g/mol. The predicted octanol–water partition coefficient (Wildman–Crippen LogP) is -0.323. The van der Waals surface area contributed by atoms with Gasteiger partial charge in [0.2, 0.25) is 0 Å². The minimum absolute atomic E-state index is 0. The molecule has 10 heavy (non-hydrogen) atoms.